The normalized spacial score (nSPS) is 11.2. The highest BCUT2D eigenvalue weighted by Crippen LogP contribution is 2.31. The lowest BCUT2D eigenvalue weighted by Crippen LogP contribution is -2.04. The Hall–Kier alpha value is -3.61. The predicted molar refractivity (Wildman–Crippen MR) is 151 cm³/mol. The van der Waals surface area contributed by atoms with Gasteiger partial charge in [-0.05, 0) is 73.0 Å². The summed E-state index contributed by atoms with van der Waals surface area (Å²) in [5, 5.41) is 1.08. The first-order chi connectivity index (χ1) is 18.4. The van der Waals surface area contributed by atoms with Gasteiger partial charge in [-0.2, -0.15) is 0 Å². The van der Waals surface area contributed by atoms with E-state index in [1.54, 1.807) is 30.4 Å². The molecule has 0 spiro atoms. The van der Waals surface area contributed by atoms with Crippen LogP contribution in [0.2, 0.25) is 10.0 Å². The SMILES string of the molecule is CCn1cc(-c2ccc(Cl)cc2Cl)nc1/C=C/c1ccc(-c2cccc(OCCCC(=O)OC)c2)cc1F. The number of benzene rings is 3. The van der Waals surface area contributed by atoms with E-state index in [1.807, 2.05) is 54.1 Å². The predicted octanol–water partition coefficient (Wildman–Crippen LogP) is 8.19. The van der Waals surface area contributed by atoms with Crippen LogP contribution in [0.25, 0.3) is 34.5 Å². The largest absolute Gasteiger partial charge is 0.494 e. The Bertz CT molecular complexity index is 1470. The van der Waals surface area contributed by atoms with Gasteiger partial charge in [-0.25, -0.2) is 9.37 Å². The first-order valence-corrected chi connectivity index (χ1v) is 12.9. The molecule has 0 atom stereocenters. The number of ether oxygens (including phenoxy) is 2. The van der Waals surface area contributed by atoms with Crippen molar-refractivity contribution in [1.29, 1.82) is 0 Å². The van der Waals surface area contributed by atoms with Crippen LogP contribution in [0.4, 0.5) is 4.39 Å². The maximum Gasteiger partial charge on any atom is 0.305 e. The van der Waals surface area contributed by atoms with E-state index in [1.165, 1.54) is 13.2 Å². The van der Waals surface area contributed by atoms with E-state index < -0.39 is 0 Å². The Balaban J connectivity index is 1.48. The number of carbonyl (C=O) groups excluding carboxylic acids is 1. The molecule has 0 fully saturated rings. The van der Waals surface area contributed by atoms with E-state index in [-0.39, 0.29) is 11.8 Å². The van der Waals surface area contributed by atoms with Crippen LogP contribution in [0.1, 0.15) is 31.2 Å². The number of aryl methyl sites for hydroxylation is 1. The second kappa shape index (κ2) is 12.8. The van der Waals surface area contributed by atoms with Crippen LogP contribution in [0.3, 0.4) is 0 Å². The lowest BCUT2D eigenvalue weighted by molar-refractivity contribution is -0.140. The average Bonchev–Trinajstić information content (AvgIpc) is 3.33. The minimum Gasteiger partial charge on any atom is -0.494 e. The Morgan fingerprint density at radius 1 is 1.05 bits per heavy atom. The molecule has 8 heteroatoms. The summed E-state index contributed by atoms with van der Waals surface area (Å²) in [6.07, 6.45) is 6.26. The zero-order valence-corrected chi connectivity index (χ0v) is 22.6. The summed E-state index contributed by atoms with van der Waals surface area (Å²) in [4.78, 5) is 15.9. The minimum atomic E-state index is -0.348. The quantitative estimate of drug-likeness (QED) is 0.147. The van der Waals surface area contributed by atoms with Crippen molar-refractivity contribution in [2.24, 2.45) is 0 Å². The lowest BCUT2D eigenvalue weighted by Gasteiger charge is -2.09. The third-order valence-corrected chi connectivity index (χ3v) is 6.50. The lowest BCUT2D eigenvalue weighted by atomic mass is 10.0. The molecule has 5 nitrogen and oxygen atoms in total. The molecule has 0 aliphatic heterocycles. The van der Waals surface area contributed by atoms with E-state index >= 15 is 4.39 Å². The number of nitrogens with zero attached hydrogens (tertiary/aromatic N) is 2. The van der Waals surface area contributed by atoms with Gasteiger partial charge in [0.15, 0.2) is 0 Å². The van der Waals surface area contributed by atoms with Crippen LogP contribution < -0.4 is 4.74 Å². The third kappa shape index (κ3) is 6.82. The van der Waals surface area contributed by atoms with Gasteiger partial charge >= 0.3 is 5.97 Å². The van der Waals surface area contributed by atoms with Gasteiger partial charge in [-0.15, -0.1) is 0 Å². The number of hydrogen-bond acceptors (Lipinski definition) is 4. The monoisotopic (exact) mass is 552 g/mol. The van der Waals surface area contributed by atoms with E-state index in [4.69, 9.17) is 32.9 Å². The topological polar surface area (TPSA) is 53.4 Å². The van der Waals surface area contributed by atoms with E-state index in [0.717, 1.165) is 22.4 Å². The molecule has 0 saturated heterocycles. The summed E-state index contributed by atoms with van der Waals surface area (Å²) in [5.41, 5.74) is 3.51. The second-order valence-corrected chi connectivity index (χ2v) is 9.36. The molecule has 1 aromatic heterocycles. The van der Waals surface area contributed by atoms with E-state index in [2.05, 4.69) is 4.74 Å². The fourth-order valence-corrected chi connectivity index (χ4v) is 4.43. The summed E-state index contributed by atoms with van der Waals surface area (Å²) in [6, 6.07) is 17.8. The first kappa shape index (κ1) is 27.4. The summed E-state index contributed by atoms with van der Waals surface area (Å²) >= 11 is 12.4. The summed E-state index contributed by atoms with van der Waals surface area (Å²) in [7, 11) is 1.36. The van der Waals surface area contributed by atoms with E-state index in [9.17, 15) is 4.79 Å². The van der Waals surface area contributed by atoms with Crippen molar-refractivity contribution in [2.45, 2.75) is 26.3 Å². The van der Waals surface area contributed by atoms with Crippen molar-refractivity contribution in [2.75, 3.05) is 13.7 Å². The van der Waals surface area contributed by atoms with Crippen LogP contribution >= 0.6 is 23.2 Å². The van der Waals surface area contributed by atoms with Gasteiger partial charge in [0.1, 0.15) is 17.4 Å². The Labute approximate surface area is 231 Å². The molecule has 196 valence electrons. The second-order valence-electron chi connectivity index (χ2n) is 8.52. The molecule has 38 heavy (non-hydrogen) atoms. The first-order valence-electron chi connectivity index (χ1n) is 12.2. The summed E-state index contributed by atoms with van der Waals surface area (Å²) in [5.74, 6) is 0.726. The maximum atomic E-state index is 15.1. The molecular formula is C30H27Cl2FN2O3. The smallest absolute Gasteiger partial charge is 0.305 e. The number of halogens is 3. The van der Waals surface area contributed by atoms with Crippen LogP contribution in [0, 0.1) is 5.82 Å². The zero-order valence-electron chi connectivity index (χ0n) is 21.1. The molecule has 4 rings (SSSR count). The van der Waals surface area contributed by atoms with Gasteiger partial charge in [0.05, 0.1) is 24.4 Å². The Morgan fingerprint density at radius 2 is 1.87 bits per heavy atom. The van der Waals surface area contributed by atoms with Gasteiger partial charge in [0.25, 0.3) is 0 Å². The number of imidazole rings is 1. The van der Waals surface area contributed by atoms with Gasteiger partial charge in [-0.1, -0.05) is 47.5 Å². The molecule has 1 heterocycles. The van der Waals surface area contributed by atoms with Crippen molar-refractivity contribution in [3.05, 3.63) is 94.1 Å². The number of rotatable bonds is 10. The van der Waals surface area contributed by atoms with E-state index in [0.29, 0.717) is 53.2 Å². The molecule has 0 bridgehead atoms. The van der Waals surface area contributed by atoms with Gasteiger partial charge in [0.2, 0.25) is 0 Å². The zero-order chi connectivity index (χ0) is 27.1. The molecule has 0 unspecified atom stereocenters. The van der Waals surface area contributed by atoms with Crippen molar-refractivity contribution in [1.82, 2.24) is 9.55 Å². The number of methoxy groups -OCH3 is 1. The van der Waals surface area contributed by atoms with Gasteiger partial charge in [0, 0.05) is 35.3 Å². The maximum absolute atomic E-state index is 15.1. The molecule has 0 amide bonds. The number of esters is 1. The molecule has 0 saturated carbocycles. The number of aromatic nitrogens is 2. The standard InChI is InChI=1S/C30H27Cl2FN2O3/c1-3-35-19-28(25-13-12-23(31)18-26(25)32)34-29(35)14-11-20-9-10-22(17-27(20)33)21-6-4-7-24(16-21)38-15-5-8-30(36)37-2/h4,6-7,9-14,16-19H,3,5,8,15H2,1-2H3/b14-11+. The van der Waals surface area contributed by atoms with Crippen molar-refractivity contribution < 1.29 is 18.7 Å². The highest BCUT2D eigenvalue weighted by Gasteiger charge is 2.11. The average molecular weight is 553 g/mol. The van der Waals surface area contributed by atoms with Crippen LogP contribution in [0.15, 0.2) is 66.9 Å². The van der Waals surface area contributed by atoms with Crippen molar-refractivity contribution >= 4 is 41.3 Å². The fraction of sp³-hybridized carbons (Fsp3) is 0.200. The Morgan fingerprint density at radius 3 is 2.61 bits per heavy atom. The molecule has 0 radical (unpaired) electrons. The summed E-state index contributed by atoms with van der Waals surface area (Å²) in [6.45, 7) is 3.09. The highest BCUT2D eigenvalue weighted by molar-refractivity contribution is 6.36. The number of hydrogen-bond donors (Lipinski definition) is 0. The molecular weight excluding hydrogens is 526 g/mol. The number of carbonyl (C=O) groups is 1. The highest BCUT2D eigenvalue weighted by atomic mass is 35.5. The Kier molecular flexibility index (Phi) is 9.21. The van der Waals surface area contributed by atoms with Crippen LogP contribution in [-0.2, 0) is 16.1 Å². The molecule has 0 N–H and O–H groups in total. The molecule has 0 aliphatic carbocycles. The van der Waals surface area contributed by atoms with Gasteiger partial charge < -0.3 is 14.0 Å². The van der Waals surface area contributed by atoms with Crippen LogP contribution in [0.5, 0.6) is 5.75 Å². The van der Waals surface area contributed by atoms with Crippen molar-refractivity contribution in [3.63, 3.8) is 0 Å². The third-order valence-electron chi connectivity index (χ3n) is 5.96. The molecule has 0 aliphatic rings. The minimum absolute atomic E-state index is 0.267. The van der Waals surface area contributed by atoms with Crippen molar-refractivity contribution in [3.8, 4) is 28.1 Å². The van der Waals surface area contributed by atoms with Crippen LogP contribution in [-0.4, -0.2) is 29.2 Å². The summed E-state index contributed by atoms with van der Waals surface area (Å²) < 4.78 is 27.4. The van der Waals surface area contributed by atoms with Gasteiger partial charge in [-0.3, -0.25) is 4.79 Å². The molecule has 4 aromatic rings. The molecule has 3 aromatic carbocycles. The fourth-order valence-electron chi connectivity index (χ4n) is 3.92.